The quantitative estimate of drug-likeness (QED) is 0.805. The van der Waals surface area contributed by atoms with Gasteiger partial charge in [0.25, 0.3) is 0 Å². The van der Waals surface area contributed by atoms with Crippen molar-refractivity contribution >= 4 is 17.3 Å². The Kier molecular flexibility index (Phi) is 5.64. The van der Waals surface area contributed by atoms with Gasteiger partial charge in [-0.05, 0) is 12.1 Å². The maximum atomic E-state index is 14.0. The zero-order chi connectivity index (χ0) is 14.4. The van der Waals surface area contributed by atoms with Crippen molar-refractivity contribution in [3.63, 3.8) is 0 Å². The molecule has 19 heavy (non-hydrogen) atoms. The molecule has 0 fully saturated rings. The molecule has 0 spiro atoms. The smallest absolute Gasteiger partial charge is 0.172 e. The number of hydrogen-bond donors (Lipinski definition) is 1. The van der Waals surface area contributed by atoms with Crippen molar-refractivity contribution in [2.75, 3.05) is 12.8 Å². The van der Waals surface area contributed by atoms with E-state index in [2.05, 4.69) is 0 Å². The fourth-order valence-electron chi connectivity index (χ4n) is 1.63. The van der Waals surface area contributed by atoms with Crippen molar-refractivity contribution in [3.05, 3.63) is 47.2 Å². The van der Waals surface area contributed by atoms with Gasteiger partial charge in [0.15, 0.2) is 11.6 Å². The van der Waals surface area contributed by atoms with Gasteiger partial charge in [0.05, 0.1) is 17.8 Å². The van der Waals surface area contributed by atoms with Crippen LogP contribution >= 0.6 is 11.6 Å². The molecule has 2 N–H and O–H groups in total. The molecule has 0 aliphatic heterocycles. The lowest BCUT2D eigenvalue weighted by atomic mass is 10.0. The van der Waals surface area contributed by atoms with Gasteiger partial charge in [-0.15, -0.1) is 0 Å². The first-order valence-corrected chi connectivity index (χ1v) is 6.40. The molecule has 0 unspecified atom stereocenters. The van der Waals surface area contributed by atoms with E-state index in [1.165, 1.54) is 7.11 Å². The van der Waals surface area contributed by atoms with Gasteiger partial charge < -0.3 is 10.5 Å². The van der Waals surface area contributed by atoms with Crippen LogP contribution in [0.25, 0.3) is 11.1 Å². The highest BCUT2D eigenvalue weighted by molar-refractivity contribution is 6.35. The normalized spacial score (nSPS) is 9.53. The van der Waals surface area contributed by atoms with Crippen LogP contribution in [0.4, 0.5) is 10.1 Å². The zero-order valence-electron chi connectivity index (χ0n) is 11.2. The lowest BCUT2D eigenvalue weighted by Crippen LogP contribution is -1.93. The molecule has 0 saturated heterocycles. The first-order chi connectivity index (χ1) is 9.15. The Bertz CT molecular complexity index is 558. The van der Waals surface area contributed by atoms with E-state index in [9.17, 15) is 4.39 Å². The van der Waals surface area contributed by atoms with Gasteiger partial charge in [-0.25, -0.2) is 4.39 Å². The number of methoxy groups -OCH3 is 1. The summed E-state index contributed by atoms with van der Waals surface area (Å²) in [6, 6.07) is 10.0. The van der Waals surface area contributed by atoms with Crippen LogP contribution in [0.3, 0.4) is 0 Å². The molecule has 0 atom stereocenters. The third-order valence-electron chi connectivity index (χ3n) is 2.50. The van der Waals surface area contributed by atoms with Crippen molar-refractivity contribution in [1.29, 1.82) is 0 Å². The van der Waals surface area contributed by atoms with Crippen LogP contribution in [0.15, 0.2) is 36.4 Å². The van der Waals surface area contributed by atoms with Crippen LogP contribution in [-0.4, -0.2) is 7.11 Å². The summed E-state index contributed by atoms with van der Waals surface area (Å²) in [4.78, 5) is 0. The Labute approximate surface area is 118 Å². The highest BCUT2D eigenvalue weighted by atomic mass is 35.5. The zero-order valence-corrected chi connectivity index (χ0v) is 12.0. The Balaban J connectivity index is 0.000000861. The van der Waals surface area contributed by atoms with Gasteiger partial charge in [0.2, 0.25) is 0 Å². The molecule has 0 aromatic heterocycles. The van der Waals surface area contributed by atoms with E-state index < -0.39 is 5.82 Å². The lowest BCUT2D eigenvalue weighted by Gasteiger charge is -2.10. The van der Waals surface area contributed by atoms with Gasteiger partial charge in [0, 0.05) is 11.1 Å². The molecule has 102 valence electrons. The highest BCUT2D eigenvalue weighted by Gasteiger charge is 2.13. The number of rotatable bonds is 2. The predicted octanol–water partition coefficient (Wildman–Crippen LogP) is 4.76. The van der Waals surface area contributed by atoms with E-state index in [1.54, 1.807) is 36.4 Å². The summed E-state index contributed by atoms with van der Waals surface area (Å²) < 4.78 is 19.0. The number of halogens is 2. The monoisotopic (exact) mass is 281 g/mol. The largest absolute Gasteiger partial charge is 0.494 e. The van der Waals surface area contributed by atoms with E-state index in [4.69, 9.17) is 22.1 Å². The Morgan fingerprint density at radius 3 is 2.26 bits per heavy atom. The summed E-state index contributed by atoms with van der Waals surface area (Å²) in [5.74, 6) is -0.261. The average molecular weight is 282 g/mol. The standard InChI is InChI=1S/C13H11ClFNO.C2H6/c1-17-11-7-3-5-9(13(11)15)8-4-2-6-10(16)12(8)14;1-2/h2-7H,16H2,1H3;1-2H3. The second kappa shape index (κ2) is 7.00. The lowest BCUT2D eigenvalue weighted by molar-refractivity contribution is 0.387. The van der Waals surface area contributed by atoms with E-state index in [1.807, 2.05) is 13.8 Å². The van der Waals surface area contributed by atoms with E-state index in [0.717, 1.165) is 0 Å². The predicted molar refractivity (Wildman–Crippen MR) is 79.2 cm³/mol. The van der Waals surface area contributed by atoms with E-state index in [-0.39, 0.29) is 5.75 Å². The average Bonchev–Trinajstić information content (AvgIpc) is 2.45. The molecule has 2 aromatic carbocycles. The summed E-state index contributed by atoms with van der Waals surface area (Å²) in [5, 5.41) is 0.347. The highest BCUT2D eigenvalue weighted by Crippen LogP contribution is 2.36. The van der Waals surface area contributed by atoms with Crippen LogP contribution in [0.1, 0.15) is 13.8 Å². The van der Waals surface area contributed by atoms with Gasteiger partial charge in [-0.3, -0.25) is 0 Å². The SMILES string of the molecule is CC.COc1cccc(-c2cccc(N)c2Cl)c1F. The summed E-state index contributed by atoms with van der Waals surface area (Å²) in [6.07, 6.45) is 0. The first-order valence-electron chi connectivity index (χ1n) is 6.02. The second-order valence-corrected chi connectivity index (χ2v) is 3.91. The summed E-state index contributed by atoms with van der Waals surface area (Å²) in [5.41, 5.74) is 7.05. The first kappa shape index (κ1) is 15.3. The molecule has 2 rings (SSSR count). The minimum atomic E-state index is -0.442. The number of ether oxygens (including phenoxy) is 1. The topological polar surface area (TPSA) is 35.2 Å². The molecule has 0 aliphatic rings. The Morgan fingerprint density at radius 1 is 1.05 bits per heavy atom. The number of nitrogen functional groups attached to an aromatic ring is 1. The van der Waals surface area contributed by atoms with Crippen molar-refractivity contribution < 1.29 is 9.13 Å². The van der Waals surface area contributed by atoms with Crippen molar-refractivity contribution in [1.82, 2.24) is 0 Å². The van der Waals surface area contributed by atoms with Crippen molar-refractivity contribution in [2.24, 2.45) is 0 Å². The van der Waals surface area contributed by atoms with Gasteiger partial charge >= 0.3 is 0 Å². The molecule has 0 heterocycles. The molecule has 0 saturated carbocycles. The van der Waals surface area contributed by atoms with Crippen LogP contribution in [-0.2, 0) is 0 Å². The fourth-order valence-corrected chi connectivity index (χ4v) is 1.86. The van der Waals surface area contributed by atoms with Crippen LogP contribution in [0.5, 0.6) is 5.75 Å². The van der Waals surface area contributed by atoms with E-state index in [0.29, 0.717) is 21.8 Å². The molecule has 0 radical (unpaired) electrons. The minimum Gasteiger partial charge on any atom is -0.494 e. The summed E-state index contributed by atoms with van der Waals surface area (Å²) in [7, 11) is 1.42. The number of anilines is 1. The molecule has 0 amide bonds. The summed E-state index contributed by atoms with van der Waals surface area (Å²) >= 11 is 6.06. The third-order valence-corrected chi connectivity index (χ3v) is 2.92. The molecular formula is C15H17ClFNO. The third kappa shape index (κ3) is 3.18. The molecule has 4 heteroatoms. The van der Waals surface area contributed by atoms with E-state index >= 15 is 0 Å². The molecule has 2 aromatic rings. The Hall–Kier alpha value is -1.74. The maximum Gasteiger partial charge on any atom is 0.172 e. The Morgan fingerprint density at radius 2 is 1.63 bits per heavy atom. The minimum absolute atomic E-state index is 0.181. The van der Waals surface area contributed by atoms with Crippen LogP contribution in [0, 0.1) is 5.82 Å². The van der Waals surface area contributed by atoms with Crippen LogP contribution in [0.2, 0.25) is 5.02 Å². The van der Waals surface area contributed by atoms with Crippen LogP contribution < -0.4 is 10.5 Å². The molecule has 0 aliphatic carbocycles. The number of nitrogens with two attached hydrogens (primary N) is 1. The molecule has 0 bridgehead atoms. The van der Waals surface area contributed by atoms with Crippen molar-refractivity contribution in [3.8, 4) is 16.9 Å². The second-order valence-electron chi connectivity index (χ2n) is 3.53. The number of benzene rings is 2. The maximum absolute atomic E-state index is 14.0. The van der Waals surface area contributed by atoms with Crippen molar-refractivity contribution in [2.45, 2.75) is 13.8 Å². The summed E-state index contributed by atoms with van der Waals surface area (Å²) in [6.45, 7) is 4.00. The fraction of sp³-hybridized carbons (Fsp3) is 0.200. The van der Waals surface area contributed by atoms with Gasteiger partial charge in [-0.2, -0.15) is 0 Å². The molecular weight excluding hydrogens is 265 g/mol. The number of hydrogen-bond acceptors (Lipinski definition) is 2. The molecule has 2 nitrogen and oxygen atoms in total. The van der Waals surface area contributed by atoms with Gasteiger partial charge in [0.1, 0.15) is 0 Å². The van der Waals surface area contributed by atoms with Gasteiger partial charge in [-0.1, -0.05) is 49.7 Å².